The van der Waals surface area contributed by atoms with Crippen molar-refractivity contribution in [3.05, 3.63) is 24.3 Å². The van der Waals surface area contributed by atoms with Crippen molar-refractivity contribution >= 4 is 27.3 Å². The van der Waals surface area contributed by atoms with Gasteiger partial charge in [-0.3, -0.25) is 4.79 Å². The fraction of sp³-hybridized carbons (Fsp3) is 0.632. The minimum absolute atomic E-state index is 0.157. The second-order valence-electron chi connectivity index (χ2n) is 7.71. The molecule has 0 unspecified atom stereocenters. The summed E-state index contributed by atoms with van der Waals surface area (Å²) in [7, 11) is -3.41. The van der Waals surface area contributed by atoms with E-state index in [9.17, 15) is 13.2 Å². The Morgan fingerprint density at radius 3 is 2.31 bits per heavy atom. The number of nitrogens with zero attached hydrogens (tertiary/aromatic N) is 2. The van der Waals surface area contributed by atoms with E-state index in [0.29, 0.717) is 12.2 Å². The number of anilines is 2. The van der Waals surface area contributed by atoms with E-state index >= 15 is 0 Å². The zero-order valence-electron chi connectivity index (χ0n) is 16.2. The molecule has 1 aliphatic heterocycles. The van der Waals surface area contributed by atoms with Crippen molar-refractivity contribution in [2.24, 2.45) is 11.8 Å². The van der Waals surface area contributed by atoms with Crippen molar-refractivity contribution in [3.63, 3.8) is 0 Å². The van der Waals surface area contributed by atoms with Crippen molar-refractivity contribution in [3.8, 4) is 0 Å². The third-order valence-corrected chi connectivity index (χ3v) is 5.87. The van der Waals surface area contributed by atoms with Crippen LogP contribution in [0.5, 0.6) is 0 Å². The first-order chi connectivity index (χ1) is 12.1. The van der Waals surface area contributed by atoms with E-state index in [1.54, 1.807) is 0 Å². The summed E-state index contributed by atoms with van der Waals surface area (Å²) in [5.41, 5.74) is 1.84. The van der Waals surface area contributed by atoms with Gasteiger partial charge in [0.1, 0.15) is 0 Å². The summed E-state index contributed by atoms with van der Waals surface area (Å²) in [6.45, 7) is 8.43. The highest BCUT2D eigenvalue weighted by molar-refractivity contribution is 7.88. The van der Waals surface area contributed by atoms with Crippen molar-refractivity contribution in [1.82, 2.24) is 4.31 Å². The molecule has 0 aromatic heterocycles. The van der Waals surface area contributed by atoms with Crippen LogP contribution in [-0.4, -0.2) is 51.1 Å². The molecule has 1 saturated heterocycles. The Kier molecular flexibility index (Phi) is 7.06. The maximum absolute atomic E-state index is 12.2. The van der Waals surface area contributed by atoms with Crippen LogP contribution in [0.3, 0.4) is 0 Å². The predicted molar refractivity (Wildman–Crippen MR) is 107 cm³/mol. The average Bonchev–Trinajstić information content (AvgIpc) is 2.54. The molecule has 1 aromatic rings. The van der Waals surface area contributed by atoms with Crippen LogP contribution in [-0.2, 0) is 14.8 Å². The molecule has 1 fully saturated rings. The molecule has 26 heavy (non-hydrogen) atoms. The number of rotatable bonds is 7. The summed E-state index contributed by atoms with van der Waals surface area (Å²) in [6, 6.07) is 7.76. The lowest BCUT2D eigenvalue weighted by atomic mass is 9.99. The van der Waals surface area contributed by atoms with E-state index < -0.39 is 10.0 Å². The minimum atomic E-state index is -3.41. The number of sulfonamides is 1. The minimum Gasteiger partial charge on any atom is -0.372 e. The van der Waals surface area contributed by atoms with Crippen molar-refractivity contribution in [1.29, 1.82) is 0 Å². The number of benzene rings is 1. The van der Waals surface area contributed by atoms with E-state index in [4.69, 9.17) is 0 Å². The molecule has 0 atom stereocenters. The van der Waals surface area contributed by atoms with E-state index in [2.05, 4.69) is 17.1 Å². The summed E-state index contributed by atoms with van der Waals surface area (Å²) < 4.78 is 24.9. The van der Waals surface area contributed by atoms with Crippen molar-refractivity contribution in [2.45, 2.75) is 33.6 Å². The highest BCUT2D eigenvalue weighted by Crippen LogP contribution is 2.24. The Morgan fingerprint density at radius 2 is 1.81 bits per heavy atom. The first-order valence-corrected chi connectivity index (χ1v) is 11.1. The smallest absolute Gasteiger partial charge is 0.239 e. The zero-order valence-corrected chi connectivity index (χ0v) is 17.1. The summed E-state index contributed by atoms with van der Waals surface area (Å²) in [4.78, 5) is 14.6. The van der Waals surface area contributed by atoms with Gasteiger partial charge in [0.25, 0.3) is 0 Å². The van der Waals surface area contributed by atoms with Crippen LogP contribution in [0.1, 0.15) is 33.6 Å². The molecule has 0 spiro atoms. The number of hydrogen-bond acceptors (Lipinski definition) is 4. The third-order valence-electron chi connectivity index (χ3n) is 4.66. The predicted octanol–water partition coefficient (Wildman–Crippen LogP) is 2.78. The van der Waals surface area contributed by atoms with Gasteiger partial charge >= 0.3 is 0 Å². The number of amides is 1. The molecule has 1 N–H and O–H groups in total. The molecular weight excluding hydrogens is 350 g/mol. The molecule has 6 nitrogen and oxygen atoms in total. The number of hydrogen-bond donors (Lipinski definition) is 1. The molecule has 146 valence electrons. The van der Waals surface area contributed by atoms with Crippen LogP contribution in [0, 0.1) is 11.8 Å². The van der Waals surface area contributed by atoms with Crippen molar-refractivity contribution < 1.29 is 13.2 Å². The maximum Gasteiger partial charge on any atom is 0.239 e. The molecule has 1 amide bonds. The molecule has 1 aromatic carbocycles. The monoisotopic (exact) mass is 381 g/mol. The lowest BCUT2D eigenvalue weighted by molar-refractivity contribution is -0.116. The van der Waals surface area contributed by atoms with Gasteiger partial charge in [-0.05, 0) is 48.9 Å². The highest BCUT2D eigenvalue weighted by atomic mass is 32.2. The Hall–Kier alpha value is -1.60. The third kappa shape index (κ3) is 6.29. The molecule has 1 aliphatic rings. The Morgan fingerprint density at radius 1 is 1.23 bits per heavy atom. The summed E-state index contributed by atoms with van der Waals surface area (Å²) in [5.74, 6) is 0.619. The van der Waals surface area contributed by atoms with E-state index in [1.807, 2.05) is 38.1 Å². The van der Waals surface area contributed by atoms with Crippen LogP contribution < -0.4 is 10.2 Å². The Labute approximate surface area is 157 Å². The molecular formula is C19H31N3O3S. The van der Waals surface area contributed by atoms with Gasteiger partial charge in [-0.1, -0.05) is 20.8 Å². The van der Waals surface area contributed by atoms with Gasteiger partial charge in [-0.25, -0.2) is 8.42 Å². The van der Waals surface area contributed by atoms with E-state index in [-0.39, 0.29) is 18.4 Å². The normalized spacial score (nSPS) is 16.3. The van der Waals surface area contributed by atoms with Crippen LogP contribution in [0.4, 0.5) is 11.4 Å². The fourth-order valence-corrected chi connectivity index (χ4v) is 4.03. The number of nitrogens with one attached hydrogen (secondary N) is 1. The fourth-order valence-electron chi connectivity index (χ4n) is 3.11. The van der Waals surface area contributed by atoms with Gasteiger partial charge in [0.2, 0.25) is 15.9 Å². The number of piperidine rings is 1. The zero-order chi connectivity index (χ0) is 19.3. The molecule has 0 bridgehead atoms. The molecule has 2 rings (SSSR count). The van der Waals surface area contributed by atoms with Gasteiger partial charge in [0.15, 0.2) is 0 Å². The van der Waals surface area contributed by atoms with E-state index in [0.717, 1.165) is 31.0 Å². The second-order valence-corrected chi connectivity index (χ2v) is 9.70. The highest BCUT2D eigenvalue weighted by Gasteiger charge is 2.21. The maximum atomic E-state index is 12.2. The average molecular weight is 382 g/mol. The quantitative estimate of drug-likeness (QED) is 0.788. The van der Waals surface area contributed by atoms with Gasteiger partial charge in [0.05, 0.1) is 12.8 Å². The second kappa shape index (κ2) is 8.86. The lowest BCUT2D eigenvalue weighted by Gasteiger charge is -2.32. The van der Waals surface area contributed by atoms with Gasteiger partial charge in [-0.15, -0.1) is 0 Å². The van der Waals surface area contributed by atoms with Gasteiger partial charge in [0, 0.05) is 31.0 Å². The molecule has 0 radical (unpaired) electrons. The molecule has 7 heteroatoms. The van der Waals surface area contributed by atoms with Crippen molar-refractivity contribution in [2.75, 3.05) is 42.7 Å². The van der Waals surface area contributed by atoms with E-state index in [1.165, 1.54) is 17.1 Å². The summed E-state index contributed by atoms with van der Waals surface area (Å²) in [5, 5.41) is 2.79. The van der Waals surface area contributed by atoms with Crippen LogP contribution >= 0.6 is 0 Å². The molecule has 0 aliphatic carbocycles. The summed E-state index contributed by atoms with van der Waals surface area (Å²) >= 11 is 0. The van der Waals surface area contributed by atoms with Gasteiger partial charge < -0.3 is 10.2 Å². The largest absolute Gasteiger partial charge is 0.372 e. The standard InChI is InChI=1S/C19H31N3O3S/c1-15(2)13-22(26(4,24)25)14-19(23)20-17-5-7-18(8-6-17)21-11-9-16(3)10-12-21/h5-8,15-16H,9-14H2,1-4H3,(H,20,23). The van der Waals surface area contributed by atoms with Gasteiger partial charge in [-0.2, -0.15) is 4.31 Å². The first kappa shape index (κ1) is 20.7. The number of carbonyl (C=O) groups is 1. The first-order valence-electron chi connectivity index (χ1n) is 9.25. The van der Waals surface area contributed by atoms with Crippen LogP contribution in [0.2, 0.25) is 0 Å². The Balaban J connectivity index is 1.94. The summed E-state index contributed by atoms with van der Waals surface area (Å²) in [6.07, 6.45) is 3.54. The molecule has 1 heterocycles. The topological polar surface area (TPSA) is 69.7 Å². The Bertz CT molecular complexity index is 693. The SMILES string of the molecule is CC(C)CN(CC(=O)Nc1ccc(N2CCC(C)CC2)cc1)S(C)(=O)=O. The number of carbonyl (C=O) groups excluding carboxylic acids is 1. The molecule has 0 saturated carbocycles. The lowest BCUT2D eigenvalue weighted by Crippen LogP contribution is -2.39. The van der Waals surface area contributed by atoms with Crippen LogP contribution in [0.25, 0.3) is 0 Å². The van der Waals surface area contributed by atoms with Crippen LogP contribution in [0.15, 0.2) is 24.3 Å².